The quantitative estimate of drug-likeness (QED) is 0.0222. The molecule has 0 aliphatic carbocycles. The van der Waals surface area contributed by atoms with Crippen LogP contribution in [-0.2, 0) is 65.4 Å². The average Bonchev–Trinajstić information content (AvgIpc) is 3.68. The van der Waals surface area contributed by atoms with E-state index in [9.17, 15) is 43.2 Å². The van der Waals surface area contributed by atoms with E-state index in [2.05, 4.69) is 48.5 Å². The fourth-order valence-corrected chi connectivity index (χ4v) is 11.8. The fourth-order valence-electron chi connectivity index (χ4n) is 10.2. The van der Waals surface area contributed by atoms with Gasteiger partial charge in [-0.15, -0.1) is 0 Å². The second-order valence-corrected chi connectivity index (χ2v) is 28.9. The zero-order valence-electron chi connectivity index (χ0n) is 56.5. The van der Waals surface area contributed by atoms with Crippen molar-refractivity contribution in [1.29, 1.82) is 0 Å². The van der Waals surface area contributed by atoms with Crippen LogP contribution in [0.3, 0.4) is 0 Å². The van der Waals surface area contributed by atoms with Crippen LogP contribution in [0.2, 0.25) is 0 Å². The Bertz CT molecular complexity index is 1720. The molecule has 0 fully saturated rings. The first-order valence-electron chi connectivity index (χ1n) is 35.3. The second-order valence-electron chi connectivity index (χ2n) is 26.0. The van der Waals surface area contributed by atoms with Gasteiger partial charge >= 0.3 is 39.5 Å². The smallest absolute Gasteiger partial charge is 0.462 e. The molecule has 2 unspecified atom stereocenters. The summed E-state index contributed by atoms with van der Waals surface area (Å²) in [4.78, 5) is 72.4. The van der Waals surface area contributed by atoms with Crippen LogP contribution < -0.4 is 0 Å². The number of aliphatic hydroxyl groups is 1. The highest BCUT2D eigenvalue weighted by molar-refractivity contribution is 7.47. The lowest BCUT2D eigenvalue weighted by Gasteiger charge is -2.21. The predicted molar refractivity (Wildman–Crippen MR) is 349 cm³/mol. The first-order chi connectivity index (χ1) is 41.7. The normalized spacial score (nSPS) is 14.3. The van der Waals surface area contributed by atoms with Crippen LogP contribution in [0.15, 0.2) is 0 Å². The molecule has 0 spiro atoms. The minimum absolute atomic E-state index is 0.104. The maximum absolute atomic E-state index is 13.0. The summed E-state index contributed by atoms with van der Waals surface area (Å²) in [6.07, 6.45) is 41.7. The molecule has 0 aromatic carbocycles. The van der Waals surface area contributed by atoms with Gasteiger partial charge in [-0.2, -0.15) is 0 Å². The zero-order chi connectivity index (χ0) is 64.5. The lowest BCUT2D eigenvalue weighted by molar-refractivity contribution is -0.161. The molecule has 19 heteroatoms. The summed E-state index contributed by atoms with van der Waals surface area (Å²) in [6, 6.07) is 0. The third-order valence-corrected chi connectivity index (χ3v) is 17.5. The van der Waals surface area contributed by atoms with Gasteiger partial charge in [-0.05, 0) is 43.4 Å². The minimum atomic E-state index is -4.95. The first-order valence-corrected chi connectivity index (χ1v) is 38.3. The molecule has 0 saturated heterocycles. The Balaban J connectivity index is 5.23. The van der Waals surface area contributed by atoms with Crippen molar-refractivity contribution in [1.82, 2.24) is 0 Å². The van der Waals surface area contributed by atoms with Gasteiger partial charge in [-0.25, -0.2) is 9.13 Å². The molecule has 0 aromatic rings. The molecule has 0 heterocycles. The molecule has 0 aromatic heterocycles. The average molecular weight is 1280 g/mol. The fraction of sp³-hybridized carbons (Fsp3) is 0.941. The Morgan fingerprint density at radius 3 is 0.782 bits per heavy atom. The Morgan fingerprint density at radius 2 is 0.529 bits per heavy atom. The van der Waals surface area contributed by atoms with Gasteiger partial charge in [0.2, 0.25) is 0 Å². The molecule has 5 atom stereocenters. The van der Waals surface area contributed by atoms with Crippen LogP contribution >= 0.6 is 15.6 Å². The number of carbonyl (C=O) groups is 4. The Kier molecular flexibility index (Phi) is 57.8. The third kappa shape index (κ3) is 62.6. The maximum atomic E-state index is 13.0. The van der Waals surface area contributed by atoms with Crippen molar-refractivity contribution in [3.05, 3.63) is 0 Å². The molecule has 0 amide bonds. The van der Waals surface area contributed by atoms with Crippen molar-refractivity contribution >= 4 is 39.5 Å². The van der Waals surface area contributed by atoms with Crippen molar-refractivity contribution in [2.75, 3.05) is 39.6 Å². The lowest BCUT2D eigenvalue weighted by Crippen LogP contribution is -2.30. The lowest BCUT2D eigenvalue weighted by atomic mass is 10.0. The number of ether oxygens (including phenoxy) is 4. The highest BCUT2D eigenvalue weighted by Crippen LogP contribution is 2.45. The Hall–Kier alpha value is -1.94. The number of aliphatic hydroxyl groups excluding tert-OH is 1. The number of esters is 4. The molecule has 0 aliphatic rings. The largest absolute Gasteiger partial charge is 0.472 e. The summed E-state index contributed by atoms with van der Waals surface area (Å²) in [7, 11) is -9.89. The van der Waals surface area contributed by atoms with Crippen LogP contribution in [0.25, 0.3) is 0 Å². The van der Waals surface area contributed by atoms with Gasteiger partial charge in [0.05, 0.1) is 26.4 Å². The van der Waals surface area contributed by atoms with Crippen molar-refractivity contribution < 1.29 is 80.2 Å². The number of hydrogen-bond donors (Lipinski definition) is 3. The zero-order valence-corrected chi connectivity index (χ0v) is 58.3. The molecule has 0 bridgehead atoms. The maximum Gasteiger partial charge on any atom is 0.472 e. The van der Waals surface area contributed by atoms with Crippen molar-refractivity contribution in [3.63, 3.8) is 0 Å². The Labute approximate surface area is 530 Å². The highest BCUT2D eigenvalue weighted by Gasteiger charge is 2.30. The number of carbonyl (C=O) groups excluding carboxylic acids is 4. The van der Waals surface area contributed by atoms with Gasteiger partial charge in [0.1, 0.15) is 19.3 Å². The SMILES string of the molecule is CCCCCCCCCCC(=O)OC[C@H](COP(=O)(O)OC[C@H](O)COP(=O)(O)OC[C@@H](COC(=O)CCCCCCCCCCCCC(C)C)OC(=O)CCCCCCCCCCCCCCC(C)C)OC(=O)CCCCCCCCCCC(C)C. The van der Waals surface area contributed by atoms with Crippen LogP contribution in [-0.4, -0.2) is 96.7 Å². The van der Waals surface area contributed by atoms with Crippen LogP contribution in [0.1, 0.15) is 337 Å². The standard InChI is InChI=1S/C68H132O17P2/c1-8-9-10-11-12-28-35-42-49-65(70)78-55-63(85-68(73)52-45-38-31-24-23-27-34-41-48-61(6)7)57-82-86(74,75)80-53-62(69)54-81-87(76,77)83-58-64(56-79-66(71)50-43-36-29-21-18-17-20-26-33-40-47-60(4)5)84-67(72)51-44-37-30-22-16-14-13-15-19-25-32-39-46-59(2)3/h59-64,69H,8-58H2,1-7H3,(H,74,75)(H,76,77)/t62-,63+,64+/m0/s1. The molecule has 0 rings (SSSR count). The van der Waals surface area contributed by atoms with E-state index in [4.69, 9.17) is 37.0 Å². The summed E-state index contributed by atoms with van der Waals surface area (Å²) < 4.78 is 68.1. The van der Waals surface area contributed by atoms with Gasteiger partial charge < -0.3 is 33.8 Å². The summed E-state index contributed by atoms with van der Waals surface area (Å²) in [5.41, 5.74) is 0. The second kappa shape index (κ2) is 59.1. The number of phosphoric ester groups is 2. The van der Waals surface area contributed by atoms with E-state index < -0.39 is 97.5 Å². The van der Waals surface area contributed by atoms with E-state index in [1.807, 2.05) is 0 Å². The van der Waals surface area contributed by atoms with Crippen LogP contribution in [0.5, 0.6) is 0 Å². The van der Waals surface area contributed by atoms with Crippen LogP contribution in [0, 0.1) is 17.8 Å². The monoisotopic (exact) mass is 1280 g/mol. The van der Waals surface area contributed by atoms with E-state index in [1.54, 1.807) is 0 Å². The summed E-state index contributed by atoms with van der Waals surface area (Å²) in [5.74, 6) is 0.121. The number of hydrogen-bond acceptors (Lipinski definition) is 15. The summed E-state index contributed by atoms with van der Waals surface area (Å²) in [5, 5.41) is 10.6. The van der Waals surface area contributed by atoms with E-state index in [0.717, 1.165) is 114 Å². The number of rotatable bonds is 66. The highest BCUT2D eigenvalue weighted by atomic mass is 31.2. The van der Waals surface area contributed by atoms with Gasteiger partial charge in [0.15, 0.2) is 12.2 Å². The summed E-state index contributed by atoms with van der Waals surface area (Å²) >= 11 is 0. The number of unbranched alkanes of at least 4 members (excludes halogenated alkanes) is 34. The van der Waals surface area contributed by atoms with Crippen molar-refractivity contribution in [3.8, 4) is 0 Å². The topological polar surface area (TPSA) is 237 Å². The molecule has 3 N–H and O–H groups in total. The molecule has 87 heavy (non-hydrogen) atoms. The van der Waals surface area contributed by atoms with Gasteiger partial charge in [0.25, 0.3) is 0 Å². The Morgan fingerprint density at radius 1 is 0.310 bits per heavy atom. The van der Waals surface area contributed by atoms with Crippen molar-refractivity contribution in [2.45, 2.75) is 356 Å². The van der Waals surface area contributed by atoms with Gasteiger partial charge in [-0.3, -0.25) is 37.3 Å². The van der Waals surface area contributed by atoms with Gasteiger partial charge in [-0.1, -0.05) is 286 Å². The molecule has 0 radical (unpaired) electrons. The number of phosphoric acid groups is 2. The van der Waals surface area contributed by atoms with E-state index >= 15 is 0 Å². The van der Waals surface area contributed by atoms with E-state index in [1.165, 1.54) is 141 Å². The first kappa shape index (κ1) is 85.1. The summed E-state index contributed by atoms with van der Waals surface area (Å²) in [6.45, 7) is 11.8. The van der Waals surface area contributed by atoms with E-state index in [0.29, 0.717) is 25.7 Å². The van der Waals surface area contributed by atoms with E-state index in [-0.39, 0.29) is 25.7 Å². The molecular weight excluding hydrogens is 1150 g/mol. The minimum Gasteiger partial charge on any atom is -0.462 e. The third-order valence-electron chi connectivity index (χ3n) is 15.6. The van der Waals surface area contributed by atoms with Crippen molar-refractivity contribution in [2.24, 2.45) is 17.8 Å². The van der Waals surface area contributed by atoms with Crippen LogP contribution in [0.4, 0.5) is 0 Å². The van der Waals surface area contributed by atoms with Gasteiger partial charge in [0, 0.05) is 25.7 Å². The molecule has 0 aliphatic heterocycles. The predicted octanol–water partition coefficient (Wildman–Crippen LogP) is 19.1. The molecular formula is C68H132O17P2. The molecule has 17 nitrogen and oxygen atoms in total. The molecule has 516 valence electrons. The molecule has 0 saturated carbocycles.